The average Bonchev–Trinajstić information content (AvgIpc) is 2.52. The highest BCUT2D eigenvalue weighted by atomic mass is 79.9. The maximum Gasteiger partial charge on any atom is 0.415 e. The molecule has 1 atom stereocenters. The van der Waals surface area contributed by atoms with Crippen LogP contribution < -0.4 is 4.90 Å². The van der Waals surface area contributed by atoms with Gasteiger partial charge in [-0.1, -0.05) is 18.2 Å². The molecule has 0 radical (unpaired) electrons. The summed E-state index contributed by atoms with van der Waals surface area (Å²) in [6, 6.07) is 10.3. The lowest BCUT2D eigenvalue weighted by Crippen LogP contribution is -2.42. The van der Waals surface area contributed by atoms with Crippen molar-refractivity contribution in [3.05, 3.63) is 63.4 Å². The van der Waals surface area contributed by atoms with Crippen LogP contribution in [-0.4, -0.2) is 11.7 Å². The molecule has 0 aliphatic carbocycles. The molecule has 0 N–H and O–H groups in total. The number of amides is 1. The molecule has 0 bridgehead atoms. The lowest BCUT2D eigenvalue weighted by molar-refractivity contribution is 0.0559. The molecule has 1 amide bonds. The molecule has 0 spiro atoms. The second-order valence-electron chi connectivity index (χ2n) is 7.71. The Morgan fingerprint density at radius 3 is 2.65 bits per heavy atom. The van der Waals surface area contributed by atoms with E-state index in [-0.39, 0.29) is 11.9 Å². The van der Waals surface area contributed by atoms with Gasteiger partial charge in [0.05, 0.1) is 11.7 Å². The molecule has 1 aliphatic rings. The number of benzene rings is 2. The van der Waals surface area contributed by atoms with Gasteiger partial charge in [-0.25, -0.2) is 9.18 Å². The monoisotopic (exact) mass is 419 g/mol. The molecule has 1 unspecified atom stereocenters. The standard InChI is InChI=1S/C21H23BrFNO2/c1-13-10-15-8-9-18(14-6-5-7-16(23)12-14)24(19(15)17(22)11-13)20(25)26-21(2,3)4/h5-7,10-12,18H,8-9H2,1-4H3. The van der Waals surface area contributed by atoms with Gasteiger partial charge >= 0.3 is 6.09 Å². The van der Waals surface area contributed by atoms with Crippen LogP contribution in [0.5, 0.6) is 0 Å². The van der Waals surface area contributed by atoms with E-state index in [1.165, 1.54) is 12.1 Å². The summed E-state index contributed by atoms with van der Waals surface area (Å²) in [5, 5.41) is 0. The largest absolute Gasteiger partial charge is 0.443 e. The quantitative estimate of drug-likeness (QED) is 0.540. The first-order valence-electron chi connectivity index (χ1n) is 8.72. The van der Waals surface area contributed by atoms with Crippen LogP contribution in [0.3, 0.4) is 0 Å². The number of hydrogen-bond acceptors (Lipinski definition) is 2. The topological polar surface area (TPSA) is 29.5 Å². The molecule has 2 aromatic rings. The van der Waals surface area contributed by atoms with Gasteiger partial charge in [-0.05, 0) is 91.4 Å². The van der Waals surface area contributed by atoms with Crippen LogP contribution in [0.1, 0.15) is 49.9 Å². The fraction of sp³-hybridized carbons (Fsp3) is 0.381. The average molecular weight is 420 g/mol. The van der Waals surface area contributed by atoms with Gasteiger partial charge in [0, 0.05) is 4.47 Å². The molecule has 3 rings (SSSR count). The lowest BCUT2D eigenvalue weighted by Gasteiger charge is -2.39. The summed E-state index contributed by atoms with van der Waals surface area (Å²) >= 11 is 3.61. The minimum absolute atomic E-state index is 0.271. The molecule has 3 nitrogen and oxygen atoms in total. The van der Waals surface area contributed by atoms with E-state index in [0.717, 1.165) is 33.3 Å². The molecule has 138 valence electrons. The van der Waals surface area contributed by atoms with Crippen molar-refractivity contribution in [1.82, 2.24) is 0 Å². The molecule has 1 aliphatic heterocycles. The van der Waals surface area contributed by atoms with E-state index < -0.39 is 11.7 Å². The highest BCUT2D eigenvalue weighted by molar-refractivity contribution is 9.10. The number of halogens is 2. The van der Waals surface area contributed by atoms with Gasteiger partial charge in [0.15, 0.2) is 0 Å². The Balaban J connectivity index is 2.11. The zero-order valence-corrected chi connectivity index (χ0v) is 17.1. The number of rotatable bonds is 1. The lowest BCUT2D eigenvalue weighted by atomic mass is 9.90. The third kappa shape index (κ3) is 3.93. The van der Waals surface area contributed by atoms with E-state index in [2.05, 4.69) is 22.0 Å². The summed E-state index contributed by atoms with van der Waals surface area (Å²) in [5.41, 5.74) is 3.19. The molecular weight excluding hydrogens is 397 g/mol. The highest BCUT2D eigenvalue weighted by Crippen LogP contribution is 2.44. The van der Waals surface area contributed by atoms with Crippen LogP contribution >= 0.6 is 15.9 Å². The third-order valence-electron chi connectivity index (χ3n) is 4.35. The molecule has 5 heteroatoms. The fourth-order valence-corrected chi connectivity index (χ4v) is 4.21. The van der Waals surface area contributed by atoms with Crippen molar-refractivity contribution in [2.24, 2.45) is 0 Å². The molecule has 0 saturated carbocycles. The number of anilines is 1. The van der Waals surface area contributed by atoms with Crippen molar-refractivity contribution >= 4 is 27.7 Å². The maximum absolute atomic E-state index is 13.8. The minimum atomic E-state index is -0.613. The van der Waals surface area contributed by atoms with Crippen LogP contribution in [0.25, 0.3) is 0 Å². The molecule has 0 saturated heterocycles. The van der Waals surface area contributed by atoms with Gasteiger partial charge in [0.1, 0.15) is 11.4 Å². The van der Waals surface area contributed by atoms with Crippen molar-refractivity contribution in [1.29, 1.82) is 0 Å². The summed E-state index contributed by atoms with van der Waals surface area (Å²) in [6.45, 7) is 7.56. The Morgan fingerprint density at radius 1 is 1.27 bits per heavy atom. The summed E-state index contributed by atoms with van der Waals surface area (Å²) in [7, 11) is 0. The Labute approximate surface area is 162 Å². The van der Waals surface area contributed by atoms with E-state index in [9.17, 15) is 9.18 Å². The zero-order valence-electron chi connectivity index (χ0n) is 15.5. The van der Waals surface area contributed by atoms with E-state index in [4.69, 9.17) is 4.74 Å². The van der Waals surface area contributed by atoms with Crippen LogP contribution in [0.4, 0.5) is 14.9 Å². The Kier molecular flexibility index (Phi) is 5.11. The van der Waals surface area contributed by atoms with Gasteiger partial charge in [-0.2, -0.15) is 0 Å². The van der Waals surface area contributed by atoms with Crippen molar-refractivity contribution in [2.45, 2.75) is 52.2 Å². The van der Waals surface area contributed by atoms with E-state index >= 15 is 0 Å². The summed E-state index contributed by atoms with van der Waals surface area (Å²) in [6.07, 6.45) is 1.11. The minimum Gasteiger partial charge on any atom is -0.443 e. The first-order chi connectivity index (χ1) is 12.2. The summed E-state index contributed by atoms with van der Waals surface area (Å²) in [4.78, 5) is 14.7. The van der Waals surface area contributed by atoms with Crippen LogP contribution in [0.15, 0.2) is 40.9 Å². The number of carbonyl (C=O) groups is 1. The normalized spacial score (nSPS) is 17.0. The van der Waals surface area contributed by atoms with Crippen molar-refractivity contribution in [2.75, 3.05) is 4.90 Å². The van der Waals surface area contributed by atoms with E-state index in [1.54, 1.807) is 11.0 Å². The summed E-state index contributed by atoms with van der Waals surface area (Å²) in [5.74, 6) is -0.305. The first-order valence-corrected chi connectivity index (χ1v) is 9.52. The van der Waals surface area contributed by atoms with E-state index in [0.29, 0.717) is 6.42 Å². The Morgan fingerprint density at radius 2 is 2.00 bits per heavy atom. The second-order valence-corrected chi connectivity index (χ2v) is 8.57. The second kappa shape index (κ2) is 7.03. The molecule has 2 aromatic carbocycles. The first kappa shape index (κ1) is 18.9. The van der Waals surface area contributed by atoms with Gasteiger partial charge in [-0.3, -0.25) is 4.90 Å². The fourth-order valence-electron chi connectivity index (χ4n) is 3.40. The van der Waals surface area contributed by atoms with Crippen molar-refractivity contribution in [3.8, 4) is 0 Å². The number of fused-ring (bicyclic) bond motifs is 1. The number of ether oxygens (including phenoxy) is 1. The van der Waals surface area contributed by atoms with Crippen molar-refractivity contribution < 1.29 is 13.9 Å². The van der Waals surface area contributed by atoms with Crippen LogP contribution in [0, 0.1) is 12.7 Å². The van der Waals surface area contributed by atoms with E-state index in [1.807, 2.05) is 39.8 Å². The molecule has 1 heterocycles. The number of aryl methyl sites for hydroxylation is 2. The predicted octanol–water partition coefficient (Wildman–Crippen LogP) is 6.33. The smallest absolute Gasteiger partial charge is 0.415 e. The van der Waals surface area contributed by atoms with Gasteiger partial charge in [0.25, 0.3) is 0 Å². The maximum atomic E-state index is 13.8. The third-order valence-corrected chi connectivity index (χ3v) is 4.95. The summed E-state index contributed by atoms with van der Waals surface area (Å²) < 4.78 is 20.3. The van der Waals surface area contributed by atoms with Crippen molar-refractivity contribution in [3.63, 3.8) is 0 Å². The highest BCUT2D eigenvalue weighted by Gasteiger charge is 2.36. The SMILES string of the molecule is Cc1cc(Br)c2c(c1)CCC(c1cccc(F)c1)N2C(=O)OC(C)(C)C. The van der Waals surface area contributed by atoms with Crippen LogP contribution in [-0.2, 0) is 11.2 Å². The molecular formula is C21H23BrFNO2. The predicted molar refractivity (Wildman–Crippen MR) is 105 cm³/mol. The molecule has 26 heavy (non-hydrogen) atoms. The number of carbonyl (C=O) groups excluding carboxylic acids is 1. The Hall–Kier alpha value is -1.88. The number of hydrogen-bond donors (Lipinski definition) is 0. The molecule has 0 aromatic heterocycles. The number of nitrogens with zero attached hydrogens (tertiary/aromatic N) is 1. The van der Waals surface area contributed by atoms with Gasteiger partial charge in [-0.15, -0.1) is 0 Å². The van der Waals surface area contributed by atoms with Gasteiger partial charge in [0.2, 0.25) is 0 Å². The van der Waals surface area contributed by atoms with Crippen LogP contribution in [0.2, 0.25) is 0 Å². The molecule has 0 fully saturated rings. The zero-order chi connectivity index (χ0) is 19.1. The van der Waals surface area contributed by atoms with Gasteiger partial charge < -0.3 is 4.74 Å². The Bertz CT molecular complexity index is 844.